The summed E-state index contributed by atoms with van der Waals surface area (Å²) in [6, 6.07) is 11.4. The van der Waals surface area contributed by atoms with Crippen LogP contribution in [-0.4, -0.2) is 26.2 Å². The first-order valence-electron chi connectivity index (χ1n) is 6.49. The molecule has 1 N–H and O–H groups in total. The second kappa shape index (κ2) is 5.61. The molecule has 0 atom stereocenters. The van der Waals surface area contributed by atoms with Gasteiger partial charge in [-0.1, -0.05) is 11.6 Å². The van der Waals surface area contributed by atoms with Crippen molar-refractivity contribution >= 4 is 22.8 Å². The molecule has 0 radical (unpaired) electrons. The van der Waals surface area contributed by atoms with Crippen molar-refractivity contribution in [1.29, 1.82) is 0 Å². The number of aliphatic hydroxyl groups is 1. The summed E-state index contributed by atoms with van der Waals surface area (Å²) in [7, 11) is 0. The Labute approximate surface area is 121 Å². The fourth-order valence-corrected chi connectivity index (χ4v) is 2.35. The van der Waals surface area contributed by atoms with E-state index in [1.165, 1.54) is 0 Å². The van der Waals surface area contributed by atoms with Crippen molar-refractivity contribution in [2.24, 2.45) is 0 Å². The van der Waals surface area contributed by atoms with Crippen molar-refractivity contribution in [3.63, 3.8) is 0 Å². The molecule has 2 aromatic heterocycles. The first kappa shape index (κ1) is 13.1. The lowest BCUT2D eigenvalue weighted by molar-refractivity contribution is 0.287. The van der Waals surface area contributed by atoms with Crippen LogP contribution in [0.4, 0.5) is 0 Å². The molecule has 0 fully saturated rings. The lowest BCUT2D eigenvalue weighted by Crippen LogP contribution is -2.03. The van der Waals surface area contributed by atoms with E-state index in [1.807, 2.05) is 41.0 Å². The fourth-order valence-electron chi connectivity index (χ4n) is 2.23. The molecule has 0 aliphatic carbocycles. The minimum Gasteiger partial charge on any atom is -0.396 e. The molecule has 102 valence electrons. The second-order valence-electron chi connectivity index (χ2n) is 4.51. The highest BCUT2D eigenvalue weighted by atomic mass is 35.5. The van der Waals surface area contributed by atoms with Gasteiger partial charge in [0.05, 0.1) is 0 Å². The van der Waals surface area contributed by atoms with Gasteiger partial charge < -0.3 is 5.11 Å². The highest BCUT2D eigenvalue weighted by Crippen LogP contribution is 2.22. The van der Waals surface area contributed by atoms with Crippen molar-refractivity contribution < 1.29 is 5.11 Å². The maximum absolute atomic E-state index is 9.03. The quantitative estimate of drug-likeness (QED) is 0.802. The minimum absolute atomic E-state index is 0.150. The number of benzene rings is 1. The van der Waals surface area contributed by atoms with Crippen LogP contribution in [0.25, 0.3) is 16.9 Å². The molecule has 0 saturated carbocycles. The van der Waals surface area contributed by atoms with Gasteiger partial charge in [-0.15, -0.1) is 0 Å². The molecular weight excluding hydrogens is 274 g/mol. The van der Waals surface area contributed by atoms with E-state index in [2.05, 4.69) is 9.97 Å². The zero-order valence-electron chi connectivity index (χ0n) is 10.8. The number of rotatable bonds is 4. The molecule has 4 nitrogen and oxygen atoms in total. The zero-order chi connectivity index (χ0) is 13.9. The van der Waals surface area contributed by atoms with Crippen molar-refractivity contribution in [2.75, 3.05) is 6.61 Å². The maximum Gasteiger partial charge on any atom is 0.164 e. The van der Waals surface area contributed by atoms with E-state index in [0.29, 0.717) is 17.9 Å². The number of aliphatic hydroxyl groups excluding tert-OH is 1. The highest BCUT2D eigenvalue weighted by molar-refractivity contribution is 6.30. The number of imidazole rings is 1. The third kappa shape index (κ3) is 2.40. The largest absolute Gasteiger partial charge is 0.396 e. The number of hydrogen-bond acceptors (Lipinski definition) is 3. The van der Waals surface area contributed by atoms with Gasteiger partial charge in [-0.3, -0.25) is 4.57 Å². The third-order valence-corrected chi connectivity index (χ3v) is 3.38. The van der Waals surface area contributed by atoms with Crippen LogP contribution in [0.15, 0.2) is 42.6 Å². The summed E-state index contributed by atoms with van der Waals surface area (Å²) < 4.78 is 2.02. The molecule has 0 bridgehead atoms. The highest BCUT2D eigenvalue weighted by Gasteiger charge is 2.12. The Balaban J connectivity index is 2.17. The number of pyridine rings is 1. The van der Waals surface area contributed by atoms with Gasteiger partial charge >= 0.3 is 0 Å². The van der Waals surface area contributed by atoms with Gasteiger partial charge in [-0.05, 0) is 42.8 Å². The summed E-state index contributed by atoms with van der Waals surface area (Å²) in [5, 5.41) is 9.73. The first-order valence-corrected chi connectivity index (χ1v) is 6.86. The van der Waals surface area contributed by atoms with Crippen molar-refractivity contribution in [1.82, 2.24) is 14.5 Å². The molecule has 5 heteroatoms. The molecule has 1 aromatic carbocycles. The monoisotopic (exact) mass is 287 g/mol. The average Bonchev–Trinajstić information content (AvgIpc) is 2.84. The van der Waals surface area contributed by atoms with Crippen LogP contribution in [0.3, 0.4) is 0 Å². The van der Waals surface area contributed by atoms with Crippen molar-refractivity contribution in [3.8, 4) is 5.69 Å². The molecule has 0 saturated heterocycles. The molecule has 0 aliphatic rings. The Morgan fingerprint density at radius 3 is 2.70 bits per heavy atom. The molecular formula is C15H14ClN3O. The second-order valence-corrected chi connectivity index (χ2v) is 4.95. The summed E-state index contributed by atoms with van der Waals surface area (Å²) in [5.41, 5.74) is 2.65. The summed E-state index contributed by atoms with van der Waals surface area (Å²) >= 11 is 5.94. The van der Waals surface area contributed by atoms with E-state index < -0.39 is 0 Å². The van der Waals surface area contributed by atoms with Gasteiger partial charge in [-0.2, -0.15) is 0 Å². The summed E-state index contributed by atoms with van der Waals surface area (Å²) in [5.74, 6) is 0.898. The predicted octanol–water partition coefficient (Wildman–Crippen LogP) is 3.00. The van der Waals surface area contributed by atoms with Crippen LogP contribution in [0, 0.1) is 0 Å². The molecule has 2 heterocycles. The normalized spacial score (nSPS) is 11.1. The van der Waals surface area contributed by atoms with Crippen LogP contribution in [0.5, 0.6) is 0 Å². The molecule has 3 rings (SSSR count). The molecule has 0 spiro atoms. The number of aryl methyl sites for hydroxylation is 1. The summed E-state index contributed by atoms with van der Waals surface area (Å²) in [6.07, 6.45) is 3.14. The molecule has 20 heavy (non-hydrogen) atoms. The number of hydrogen-bond donors (Lipinski definition) is 1. The molecule has 3 aromatic rings. The maximum atomic E-state index is 9.03. The Morgan fingerprint density at radius 1 is 1.15 bits per heavy atom. The first-order chi connectivity index (χ1) is 9.79. The van der Waals surface area contributed by atoms with Gasteiger partial charge in [0.2, 0.25) is 0 Å². The van der Waals surface area contributed by atoms with E-state index in [0.717, 1.165) is 22.7 Å². The standard InChI is InChI=1S/C15H14ClN3O/c16-11-5-7-12(8-6-11)19-14(4-2-10-20)18-13-3-1-9-17-15(13)19/h1,3,5-9,20H,2,4,10H2. The summed E-state index contributed by atoms with van der Waals surface area (Å²) in [6.45, 7) is 0.150. The molecule has 0 amide bonds. The minimum atomic E-state index is 0.150. The van der Waals surface area contributed by atoms with Gasteiger partial charge in [0, 0.05) is 29.9 Å². The average molecular weight is 288 g/mol. The lowest BCUT2D eigenvalue weighted by atomic mass is 10.2. The van der Waals surface area contributed by atoms with E-state index in [9.17, 15) is 0 Å². The Hall–Kier alpha value is -1.91. The Morgan fingerprint density at radius 2 is 1.95 bits per heavy atom. The van der Waals surface area contributed by atoms with E-state index >= 15 is 0 Å². The third-order valence-electron chi connectivity index (χ3n) is 3.13. The van der Waals surface area contributed by atoms with Gasteiger partial charge in [-0.25, -0.2) is 9.97 Å². The summed E-state index contributed by atoms with van der Waals surface area (Å²) in [4.78, 5) is 9.02. The lowest BCUT2D eigenvalue weighted by Gasteiger charge is -2.08. The van der Waals surface area contributed by atoms with Crippen LogP contribution < -0.4 is 0 Å². The van der Waals surface area contributed by atoms with Crippen LogP contribution in [-0.2, 0) is 6.42 Å². The SMILES string of the molecule is OCCCc1nc2cccnc2n1-c1ccc(Cl)cc1. The van der Waals surface area contributed by atoms with E-state index in [-0.39, 0.29) is 6.61 Å². The predicted molar refractivity (Wildman–Crippen MR) is 79.3 cm³/mol. The Bertz CT molecular complexity index is 722. The van der Waals surface area contributed by atoms with Crippen molar-refractivity contribution in [2.45, 2.75) is 12.8 Å². The topological polar surface area (TPSA) is 50.9 Å². The molecule has 0 aliphatic heterocycles. The van der Waals surface area contributed by atoms with Gasteiger partial charge in [0.25, 0.3) is 0 Å². The number of fused-ring (bicyclic) bond motifs is 1. The van der Waals surface area contributed by atoms with Crippen LogP contribution >= 0.6 is 11.6 Å². The Kier molecular flexibility index (Phi) is 3.67. The fraction of sp³-hybridized carbons (Fsp3) is 0.200. The van der Waals surface area contributed by atoms with Crippen LogP contribution in [0.2, 0.25) is 5.02 Å². The number of aromatic nitrogens is 3. The van der Waals surface area contributed by atoms with Crippen molar-refractivity contribution in [3.05, 3.63) is 53.4 Å². The number of nitrogens with zero attached hydrogens (tertiary/aromatic N) is 3. The smallest absolute Gasteiger partial charge is 0.164 e. The van der Waals surface area contributed by atoms with E-state index in [4.69, 9.17) is 16.7 Å². The molecule has 0 unspecified atom stereocenters. The van der Waals surface area contributed by atoms with E-state index in [1.54, 1.807) is 6.20 Å². The van der Waals surface area contributed by atoms with Gasteiger partial charge in [0.1, 0.15) is 11.3 Å². The van der Waals surface area contributed by atoms with Crippen LogP contribution in [0.1, 0.15) is 12.2 Å². The van der Waals surface area contributed by atoms with Gasteiger partial charge in [0.15, 0.2) is 5.65 Å². The zero-order valence-corrected chi connectivity index (χ0v) is 11.6. The number of halogens is 1.